The van der Waals surface area contributed by atoms with Crippen molar-refractivity contribution in [3.63, 3.8) is 0 Å². The summed E-state index contributed by atoms with van der Waals surface area (Å²) in [6, 6.07) is 9.51. The summed E-state index contributed by atoms with van der Waals surface area (Å²) < 4.78 is 36.1. The number of anilines is 5. The Morgan fingerprint density at radius 1 is 0.968 bits per heavy atom. The predicted molar refractivity (Wildman–Crippen MR) is 120 cm³/mol. The molecule has 0 aliphatic rings. The van der Waals surface area contributed by atoms with E-state index in [1.807, 2.05) is 0 Å². The van der Waals surface area contributed by atoms with Gasteiger partial charge in [0.2, 0.25) is 16.0 Å². The molecule has 0 saturated heterocycles. The maximum Gasteiger partial charge on any atom is 0.229 e. The molecule has 0 amide bonds. The van der Waals surface area contributed by atoms with Gasteiger partial charge in [-0.2, -0.15) is 4.98 Å². The predicted octanol–water partition coefficient (Wildman–Crippen LogP) is 3.71. The summed E-state index contributed by atoms with van der Waals surface area (Å²) in [5.74, 6) is 1.27. The molecule has 0 aliphatic heterocycles. The largest absolute Gasteiger partial charge is 0.506 e. The number of ether oxygens (including phenoxy) is 2. The topological polar surface area (TPSA) is 135 Å². The number of benzene rings is 2. The van der Waals surface area contributed by atoms with E-state index < -0.39 is 10.0 Å². The van der Waals surface area contributed by atoms with Crippen molar-refractivity contribution in [1.82, 2.24) is 9.97 Å². The monoisotopic (exact) mass is 465 g/mol. The Balaban J connectivity index is 1.91. The van der Waals surface area contributed by atoms with E-state index in [0.717, 1.165) is 6.26 Å². The SMILES string of the molecule is COc1ccc(Nc2ncc(Cl)c(Nc3ccc(OC)cc3NS(C)(=O)=O)n2)c(O)c1. The molecule has 3 rings (SSSR count). The van der Waals surface area contributed by atoms with Crippen molar-refractivity contribution in [3.05, 3.63) is 47.6 Å². The zero-order chi connectivity index (χ0) is 22.6. The Morgan fingerprint density at radius 2 is 1.61 bits per heavy atom. The number of phenolic OH excluding ortho intramolecular Hbond substituents is 1. The lowest BCUT2D eigenvalue weighted by molar-refractivity contribution is 0.408. The van der Waals surface area contributed by atoms with Crippen molar-refractivity contribution < 1.29 is 23.0 Å². The molecule has 1 aromatic heterocycles. The van der Waals surface area contributed by atoms with E-state index >= 15 is 0 Å². The maximum atomic E-state index is 11.7. The number of hydrogen-bond acceptors (Lipinski definition) is 9. The van der Waals surface area contributed by atoms with Crippen LogP contribution in [-0.4, -0.2) is 44.0 Å². The van der Waals surface area contributed by atoms with Gasteiger partial charge >= 0.3 is 0 Å². The molecule has 31 heavy (non-hydrogen) atoms. The molecule has 3 aromatic rings. The van der Waals surface area contributed by atoms with Crippen LogP contribution in [0.3, 0.4) is 0 Å². The van der Waals surface area contributed by atoms with Crippen molar-refractivity contribution in [3.8, 4) is 17.2 Å². The minimum Gasteiger partial charge on any atom is -0.506 e. The van der Waals surface area contributed by atoms with Crippen LogP contribution in [0.15, 0.2) is 42.6 Å². The second-order valence-corrected chi connectivity index (χ2v) is 8.46. The Morgan fingerprint density at radius 3 is 2.23 bits per heavy atom. The number of aromatic nitrogens is 2. The van der Waals surface area contributed by atoms with Gasteiger partial charge in [-0.05, 0) is 24.3 Å². The molecule has 10 nitrogen and oxygen atoms in total. The molecule has 12 heteroatoms. The van der Waals surface area contributed by atoms with Gasteiger partial charge in [0.15, 0.2) is 5.82 Å². The standard InChI is InChI=1S/C19H20ClN5O5S/c1-29-11-4-6-14(16(8-11)25-31(3,27)28)22-18-13(20)10-21-19(24-18)23-15-7-5-12(30-2)9-17(15)26/h4-10,25-26H,1-3H3,(H2,21,22,23,24). The van der Waals surface area contributed by atoms with E-state index in [9.17, 15) is 13.5 Å². The van der Waals surface area contributed by atoms with Crippen molar-refractivity contribution >= 4 is 50.5 Å². The smallest absolute Gasteiger partial charge is 0.229 e. The van der Waals surface area contributed by atoms with Crippen LogP contribution in [-0.2, 0) is 10.0 Å². The summed E-state index contributed by atoms with van der Waals surface area (Å²) in [7, 11) is -0.581. The minimum atomic E-state index is -3.55. The normalized spacial score (nSPS) is 11.0. The van der Waals surface area contributed by atoms with Crippen LogP contribution < -0.4 is 24.8 Å². The fourth-order valence-electron chi connectivity index (χ4n) is 2.55. The molecular weight excluding hydrogens is 446 g/mol. The minimum absolute atomic E-state index is 0.0535. The molecule has 0 fully saturated rings. The van der Waals surface area contributed by atoms with Crippen LogP contribution in [0.2, 0.25) is 5.02 Å². The Bertz CT molecular complexity index is 1210. The van der Waals surface area contributed by atoms with Crippen LogP contribution in [0, 0.1) is 0 Å². The lowest BCUT2D eigenvalue weighted by Crippen LogP contribution is -2.11. The second-order valence-electron chi connectivity index (χ2n) is 6.31. The van der Waals surface area contributed by atoms with E-state index in [2.05, 4.69) is 25.3 Å². The average molecular weight is 466 g/mol. The molecule has 0 atom stereocenters. The van der Waals surface area contributed by atoms with Gasteiger partial charge in [0.25, 0.3) is 0 Å². The number of aromatic hydroxyl groups is 1. The summed E-state index contributed by atoms with van der Waals surface area (Å²) in [6.45, 7) is 0. The van der Waals surface area contributed by atoms with Crippen LogP contribution in [0.4, 0.5) is 28.8 Å². The third-order valence-corrected chi connectivity index (χ3v) is 4.84. The number of nitrogens with one attached hydrogen (secondary N) is 3. The van der Waals surface area contributed by atoms with Gasteiger partial charge in [-0.25, -0.2) is 13.4 Å². The fourth-order valence-corrected chi connectivity index (χ4v) is 3.26. The number of phenols is 1. The molecule has 0 radical (unpaired) electrons. The number of sulfonamides is 1. The van der Waals surface area contributed by atoms with Crippen molar-refractivity contribution in [2.45, 2.75) is 0 Å². The molecule has 4 N–H and O–H groups in total. The highest BCUT2D eigenvalue weighted by atomic mass is 35.5. The van der Waals surface area contributed by atoms with Crippen LogP contribution in [0.1, 0.15) is 0 Å². The molecule has 2 aromatic carbocycles. The summed E-state index contributed by atoms with van der Waals surface area (Å²) in [4.78, 5) is 8.41. The lowest BCUT2D eigenvalue weighted by Gasteiger charge is -2.15. The van der Waals surface area contributed by atoms with Gasteiger partial charge < -0.3 is 25.2 Å². The maximum absolute atomic E-state index is 11.7. The first-order chi connectivity index (χ1) is 14.7. The van der Waals surface area contributed by atoms with E-state index in [1.54, 1.807) is 24.3 Å². The van der Waals surface area contributed by atoms with Crippen molar-refractivity contribution in [1.29, 1.82) is 0 Å². The van der Waals surface area contributed by atoms with Crippen LogP contribution >= 0.6 is 11.6 Å². The van der Waals surface area contributed by atoms with Gasteiger partial charge in [0.05, 0.1) is 43.7 Å². The molecule has 0 unspecified atom stereocenters. The Kier molecular flexibility index (Phi) is 6.56. The number of halogens is 1. The molecule has 0 aliphatic carbocycles. The quantitative estimate of drug-likeness (QED) is 0.367. The van der Waals surface area contributed by atoms with Crippen molar-refractivity contribution in [2.75, 3.05) is 35.8 Å². The second kappa shape index (κ2) is 9.14. The zero-order valence-corrected chi connectivity index (χ0v) is 18.4. The van der Waals surface area contributed by atoms with Crippen LogP contribution in [0.25, 0.3) is 0 Å². The van der Waals surface area contributed by atoms with Crippen LogP contribution in [0.5, 0.6) is 17.2 Å². The van der Waals surface area contributed by atoms with Gasteiger partial charge in [-0.3, -0.25) is 4.72 Å². The summed E-state index contributed by atoms with van der Waals surface area (Å²) >= 11 is 6.22. The highest BCUT2D eigenvalue weighted by Gasteiger charge is 2.13. The first-order valence-electron chi connectivity index (χ1n) is 8.78. The Labute approximate surface area is 184 Å². The molecule has 0 spiro atoms. The third kappa shape index (κ3) is 5.80. The van der Waals surface area contributed by atoms with Gasteiger partial charge in [0, 0.05) is 12.1 Å². The van der Waals surface area contributed by atoms with E-state index in [1.165, 1.54) is 32.5 Å². The summed E-state index contributed by atoms with van der Waals surface area (Å²) in [6.07, 6.45) is 2.41. The van der Waals surface area contributed by atoms with E-state index in [4.69, 9.17) is 21.1 Å². The summed E-state index contributed by atoms with van der Waals surface area (Å²) in [5.41, 5.74) is 1.00. The number of methoxy groups -OCH3 is 2. The van der Waals surface area contributed by atoms with E-state index in [-0.39, 0.29) is 28.2 Å². The molecule has 0 saturated carbocycles. The Hall–Kier alpha value is -3.44. The number of hydrogen-bond donors (Lipinski definition) is 4. The first-order valence-corrected chi connectivity index (χ1v) is 11.0. The highest BCUT2D eigenvalue weighted by Crippen LogP contribution is 2.34. The highest BCUT2D eigenvalue weighted by molar-refractivity contribution is 7.92. The lowest BCUT2D eigenvalue weighted by atomic mass is 10.2. The number of rotatable bonds is 8. The summed E-state index contributed by atoms with van der Waals surface area (Å²) in [5, 5.41) is 16.2. The molecule has 164 valence electrons. The average Bonchev–Trinajstić information content (AvgIpc) is 2.72. The third-order valence-electron chi connectivity index (χ3n) is 3.97. The van der Waals surface area contributed by atoms with E-state index in [0.29, 0.717) is 22.9 Å². The molecular formula is C19H20ClN5O5S. The number of nitrogens with zero attached hydrogens (tertiary/aromatic N) is 2. The molecule has 1 heterocycles. The fraction of sp³-hybridized carbons (Fsp3) is 0.158. The zero-order valence-electron chi connectivity index (χ0n) is 16.8. The van der Waals surface area contributed by atoms with Gasteiger partial charge in [-0.15, -0.1) is 0 Å². The first kappa shape index (κ1) is 22.2. The molecule has 0 bridgehead atoms. The van der Waals surface area contributed by atoms with Crippen molar-refractivity contribution in [2.24, 2.45) is 0 Å². The van der Waals surface area contributed by atoms with Gasteiger partial charge in [0.1, 0.15) is 22.3 Å². The van der Waals surface area contributed by atoms with Gasteiger partial charge in [-0.1, -0.05) is 11.6 Å².